The van der Waals surface area contributed by atoms with Crippen LogP contribution in [-0.4, -0.2) is 26.5 Å². The maximum atomic E-state index is 12.0. The highest BCUT2D eigenvalue weighted by Gasteiger charge is 2.18. The Bertz CT molecular complexity index is 703. The molecule has 20 heavy (non-hydrogen) atoms. The van der Waals surface area contributed by atoms with Crippen LogP contribution in [0.1, 0.15) is 20.2 Å². The molecule has 0 aliphatic rings. The smallest absolute Gasteiger partial charge is 0.345 e. The van der Waals surface area contributed by atoms with Crippen LogP contribution >= 0.6 is 11.3 Å². The van der Waals surface area contributed by atoms with Crippen LogP contribution < -0.4 is 5.32 Å². The Morgan fingerprint density at radius 2 is 2.15 bits per heavy atom. The number of carbonyl (C=O) groups excluding carboxylic acids is 1. The molecule has 2 aromatic rings. The molecule has 8 nitrogen and oxygen atoms in total. The van der Waals surface area contributed by atoms with Crippen molar-refractivity contribution in [2.75, 3.05) is 5.32 Å². The van der Waals surface area contributed by atoms with Crippen molar-refractivity contribution in [2.24, 2.45) is 7.05 Å². The third-order valence-electron chi connectivity index (χ3n) is 2.49. The van der Waals surface area contributed by atoms with E-state index in [2.05, 4.69) is 5.32 Å². The Balaban J connectivity index is 2.19. The van der Waals surface area contributed by atoms with Crippen molar-refractivity contribution in [3.05, 3.63) is 45.1 Å². The van der Waals surface area contributed by atoms with Crippen molar-refractivity contribution in [3.63, 3.8) is 0 Å². The maximum absolute atomic E-state index is 12.0. The first-order valence-corrected chi connectivity index (χ1v) is 6.15. The van der Waals surface area contributed by atoms with E-state index in [4.69, 9.17) is 5.11 Å². The molecule has 0 spiro atoms. The van der Waals surface area contributed by atoms with Gasteiger partial charge < -0.3 is 15.0 Å². The van der Waals surface area contributed by atoms with Gasteiger partial charge in [-0.15, -0.1) is 11.3 Å². The molecule has 2 rings (SSSR count). The van der Waals surface area contributed by atoms with Gasteiger partial charge in [-0.05, 0) is 12.1 Å². The number of nitrogens with one attached hydrogen (secondary N) is 1. The van der Waals surface area contributed by atoms with Crippen LogP contribution in [0.4, 0.5) is 10.7 Å². The molecule has 0 atom stereocenters. The van der Waals surface area contributed by atoms with Crippen molar-refractivity contribution in [2.45, 2.75) is 0 Å². The van der Waals surface area contributed by atoms with Gasteiger partial charge in [0.25, 0.3) is 11.6 Å². The summed E-state index contributed by atoms with van der Waals surface area (Å²) in [6.45, 7) is 0. The number of hydrogen-bond donors (Lipinski definition) is 2. The topological polar surface area (TPSA) is 114 Å². The number of carbonyl (C=O) groups is 2. The number of carboxylic acids is 1. The zero-order valence-electron chi connectivity index (χ0n) is 10.2. The van der Waals surface area contributed by atoms with E-state index in [9.17, 15) is 19.7 Å². The lowest BCUT2D eigenvalue weighted by Crippen LogP contribution is -2.14. The highest BCUT2D eigenvalue weighted by atomic mass is 32.1. The summed E-state index contributed by atoms with van der Waals surface area (Å²) in [6, 6.07) is 3.99. The summed E-state index contributed by atoms with van der Waals surface area (Å²) in [5.74, 6) is -1.62. The van der Waals surface area contributed by atoms with Crippen molar-refractivity contribution >= 4 is 33.9 Å². The van der Waals surface area contributed by atoms with Crippen LogP contribution in [0.15, 0.2) is 24.4 Å². The van der Waals surface area contributed by atoms with Crippen molar-refractivity contribution in [3.8, 4) is 0 Å². The molecule has 0 saturated heterocycles. The zero-order valence-corrected chi connectivity index (χ0v) is 11.0. The number of rotatable bonds is 4. The second kappa shape index (κ2) is 5.13. The number of anilines is 1. The molecule has 1 amide bonds. The van der Waals surface area contributed by atoms with Crippen molar-refractivity contribution < 1.29 is 19.6 Å². The third kappa shape index (κ3) is 2.67. The minimum absolute atomic E-state index is 0.0955. The van der Waals surface area contributed by atoms with E-state index in [0.717, 1.165) is 17.4 Å². The first-order chi connectivity index (χ1) is 9.38. The SMILES string of the molecule is Cn1cc([N+](=O)[O-])cc1C(=O)Nc1ccc(C(=O)O)s1. The van der Waals surface area contributed by atoms with Gasteiger partial charge in [0.1, 0.15) is 10.6 Å². The molecule has 0 aliphatic carbocycles. The molecule has 0 fully saturated rings. The lowest BCUT2D eigenvalue weighted by Gasteiger charge is -2.02. The average Bonchev–Trinajstić information content (AvgIpc) is 2.95. The third-order valence-corrected chi connectivity index (χ3v) is 3.48. The Kier molecular flexibility index (Phi) is 3.53. The van der Waals surface area contributed by atoms with E-state index in [1.165, 1.54) is 29.9 Å². The number of aromatic carboxylic acids is 1. The fraction of sp³-hybridized carbons (Fsp3) is 0.0909. The number of amides is 1. The number of hydrogen-bond acceptors (Lipinski definition) is 5. The van der Waals surface area contributed by atoms with Gasteiger partial charge in [-0.3, -0.25) is 14.9 Å². The van der Waals surface area contributed by atoms with Crippen molar-refractivity contribution in [1.82, 2.24) is 4.57 Å². The summed E-state index contributed by atoms with van der Waals surface area (Å²) in [7, 11) is 1.51. The Hall–Kier alpha value is -2.68. The minimum Gasteiger partial charge on any atom is -0.477 e. The van der Waals surface area contributed by atoms with E-state index >= 15 is 0 Å². The number of aromatic nitrogens is 1. The highest BCUT2D eigenvalue weighted by molar-refractivity contribution is 7.18. The van der Waals surface area contributed by atoms with Gasteiger partial charge in [-0.25, -0.2) is 4.79 Å². The van der Waals surface area contributed by atoms with Gasteiger partial charge in [0.2, 0.25) is 0 Å². The fourth-order valence-corrected chi connectivity index (χ4v) is 2.31. The van der Waals surface area contributed by atoms with Gasteiger partial charge >= 0.3 is 5.97 Å². The predicted molar refractivity (Wildman–Crippen MR) is 71.3 cm³/mol. The summed E-state index contributed by atoms with van der Waals surface area (Å²) in [6.07, 6.45) is 1.23. The Morgan fingerprint density at radius 1 is 1.45 bits per heavy atom. The molecule has 0 saturated carbocycles. The average molecular weight is 295 g/mol. The summed E-state index contributed by atoms with van der Waals surface area (Å²) < 4.78 is 1.33. The van der Waals surface area contributed by atoms with Gasteiger partial charge in [0.05, 0.1) is 16.1 Å². The molecule has 0 aliphatic heterocycles. The van der Waals surface area contributed by atoms with Crippen molar-refractivity contribution in [1.29, 1.82) is 0 Å². The molecule has 2 heterocycles. The van der Waals surface area contributed by atoms with Gasteiger partial charge in [0, 0.05) is 13.1 Å². The predicted octanol–water partition coefficient (Wildman–Crippen LogP) is 1.95. The van der Waals surface area contributed by atoms with E-state index < -0.39 is 16.8 Å². The second-order valence-corrected chi connectivity index (χ2v) is 4.96. The highest BCUT2D eigenvalue weighted by Crippen LogP contribution is 2.23. The van der Waals surface area contributed by atoms with Crippen LogP contribution in [0.2, 0.25) is 0 Å². The molecule has 2 N–H and O–H groups in total. The molecule has 0 aromatic carbocycles. The van der Waals surface area contributed by atoms with Crippen LogP contribution in [0.3, 0.4) is 0 Å². The molecular formula is C11H9N3O5S. The molecule has 0 radical (unpaired) electrons. The monoisotopic (exact) mass is 295 g/mol. The fourth-order valence-electron chi connectivity index (χ4n) is 1.57. The summed E-state index contributed by atoms with van der Waals surface area (Å²) in [4.78, 5) is 32.8. The molecule has 9 heteroatoms. The summed E-state index contributed by atoms with van der Waals surface area (Å²) in [5.41, 5.74) is -0.0722. The zero-order chi connectivity index (χ0) is 14.9. The second-order valence-electron chi connectivity index (χ2n) is 3.87. The lowest BCUT2D eigenvalue weighted by atomic mass is 10.4. The van der Waals surface area contributed by atoms with Crippen LogP contribution in [0.25, 0.3) is 0 Å². The Labute approximate surface area is 116 Å². The maximum Gasteiger partial charge on any atom is 0.345 e. The standard InChI is InChI=1S/C11H9N3O5S/c1-13-5-6(14(18)19)4-7(13)10(15)12-9-3-2-8(20-9)11(16)17/h2-5H,1H3,(H,12,15)(H,16,17). The van der Waals surface area contributed by atoms with E-state index in [-0.39, 0.29) is 16.3 Å². The normalized spacial score (nSPS) is 10.2. The number of thiophene rings is 1. The largest absolute Gasteiger partial charge is 0.477 e. The number of carboxylic acid groups (broad SMARTS) is 1. The summed E-state index contributed by atoms with van der Waals surface area (Å²) >= 11 is 0.908. The van der Waals surface area contributed by atoms with Gasteiger partial charge in [-0.2, -0.15) is 0 Å². The van der Waals surface area contributed by atoms with Crippen LogP contribution in [0.5, 0.6) is 0 Å². The number of nitrogens with zero attached hydrogens (tertiary/aromatic N) is 2. The van der Waals surface area contributed by atoms with Crippen LogP contribution in [0, 0.1) is 10.1 Å². The van der Waals surface area contributed by atoms with E-state index in [0.29, 0.717) is 5.00 Å². The molecule has 104 valence electrons. The number of nitro groups is 1. The first kappa shape index (κ1) is 13.7. The summed E-state index contributed by atoms with van der Waals surface area (Å²) in [5, 5.41) is 22.3. The van der Waals surface area contributed by atoms with Gasteiger partial charge in [-0.1, -0.05) is 0 Å². The van der Waals surface area contributed by atoms with E-state index in [1.807, 2.05) is 0 Å². The quantitative estimate of drug-likeness (QED) is 0.660. The molecule has 0 bridgehead atoms. The number of aryl methyl sites for hydroxylation is 1. The van der Waals surface area contributed by atoms with E-state index in [1.54, 1.807) is 0 Å². The Morgan fingerprint density at radius 3 is 2.65 bits per heavy atom. The van der Waals surface area contributed by atoms with Gasteiger partial charge in [0.15, 0.2) is 0 Å². The molecule has 2 aromatic heterocycles. The first-order valence-electron chi connectivity index (χ1n) is 5.33. The molecular weight excluding hydrogens is 286 g/mol. The van der Waals surface area contributed by atoms with Crippen LogP contribution in [-0.2, 0) is 7.05 Å². The minimum atomic E-state index is -1.08. The molecule has 0 unspecified atom stereocenters. The lowest BCUT2D eigenvalue weighted by molar-refractivity contribution is -0.384.